The number of fused-ring (bicyclic) bond motifs is 1. The summed E-state index contributed by atoms with van der Waals surface area (Å²) in [4.78, 5) is 4.27. The second-order valence-electron chi connectivity index (χ2n) is 5.30. The highest BCUT2D eigenvalue weighted by atomic mass is 16.5. The van der Waals surface area contributed by atoms with E-state index in [-0.39, 0.29) is 0 Å². The Morgan fingerprint density at radius 2 is 2.33 bits per heavy atom. The number of hydrogen-bond acceptors (Lipinski definition) is 5. The topological polar surface area (TPSA) is 60.2 Å². The van der Waals surface area contributed by atoms with Crippen molar-refractivity contribution in [2.45, 2.75) is 45.3 Å². The molecular formula is C16H21N3O2. The minimum absolute atomic E-state index is 0.327. The van der Waals surface area contributed by atoms with Crippen LogP contribution in [-0.4, -0.2) is 17.2 Å². The molecule has 1 N–H and O–H groups in total. The average molecular weight is 287 g/mol. The van der Waals surface area contributed by atoms with E-state index in [1.165, 1.54) is 24.0 Å². The van der Waals surface area contributed by atoms with Gasteiger partial charge in [0, 0.05) is 12.5 Å². The number of nitrogens with zero attached hydrogens (tertiary/aromatic N) is 2. The molecule has 3 rings (SSSR count). The van der Waals surface area contributed by atoms with Gasteiger partial charge in [0.05, 0.1) is 0 Å². The molecular weight excluding hydrogens is 266 g/mol. The monoisotopic (exact) mass is 287 g/mol. The fourth-order valence-electron chi connectivity index (χ4n) is 2.88. The van der Waals surface area contributed by atoms with Crippen LogP contribution in [0.25, 0.3) is 0 Å². The van der Waals surface area contributed by atoms with Gasteiger partial charge in [-0.2, -0.15) is 4.98 Å². The molecule has 1 aliphatic carbocycles. The van der Waals surface area contributed by atoms with Gasteiger partial charge in [-0.05, 0) is 43.5 Å². The molecule has 1 aromatic carbocycles. The van der Waals surface area contributed by atoms with Crippen LogP contribution in [0.2, 0.25) is 0 Å². The third-order valence-electron chi connectivity index (χ3n) is 3.99. The van der Waals surface area contributed by atoms with E-state index in [2.05, 4.69) is 27.6 Å². The molecule has 1 atom stereocenters. The van der Waals surface area contributed by atoms with Crippen LogP contribution in [0.1, 0.15) is 48.6 Å². The molecule has 1 heterocycles. The first-order valence-corrected chi connectivity index (χ1v) is 7.55. The predicted octanol–water partition coefficient (Wildman–Crippen LogP) is 2.81. The number of aryl methyl sites for hydroxylation is 1. The molecule has 0 radical (unpaired) electrons. The molecule has 0 bridgehead atoms. The summed E-state index contributed by atoms with van der Waals surface area (Å²) in [6.07, 6.45) is 4.19. The van der Waals surface area contributed by atoms with Crippen LogP contribution in [0, 0.1) is 0 Å². The zero-order valence-electron chi connectivity index (χ0n) is 12.6. The highest BCUT2D eigenvalue weighted by molar-refractivity contribution is 5.43. The summed E-state index contributed by atoms with van der Waals surface area (Å²) in [7, 11) is 2.01. The van der Waals surface area contributed by atoms with E-state index in [0.717, 1.165) is 24.4 Å². The maximum Gasteiger partial charge on any atom is 0.264 e. The Labute approximate surface area is 124 Å². The Morgan fingerprint density at radius 3 is 3.10 bits per heavy atom. The molecule has 1 aliphatic rings. The molecule has 2 aromatic rings. The zero-order chi connectivity index (χ0) is 14.7. The lowest BCUT2D eigenvalue weighted by molar-refractivity contribution is 0.239. The number of hydrogen-bond donors (Lipinski definition) is 1. The minimum Gasteiger partial charge on any atom is -0.483 e. The number of nitrogens with one attached hydrogen (secondary N) is 1. The maximum atomic E-state index is 5.92. The van der Waals surface area contributed by atoms with E-state index >= 15 is 0 Å². The first-order chi connectivity index (χ1) is 10.3. The Morgan fingerprint density at radius 1 is 1.43 bits per heavy atom. The van der Waals surface area contributed by atoms with Crippen molar-refractivity contribution in [3.63, 3.8) is 0 Å². The molecule has 1 unspecified atom stereocenters. The van der Waals surface area contributed by atoms with Gasteiger partial charge in [0.15, 0.2) is 12.4 Å². The van der Waals surface area contributed by atoms with Crippen molar-refractivity contribution in [1.82, 2.24) is 15.5 Å². The van der Waals surface area contributed by atoms with E-state index in [0.29, 0.717) is 18.5 Å². The third-order valence-corrected chi connectivity index (χ3v) is 3.99. The number of rotatable bonds is 5. The standard InChI is InChI=1S/C16H21N3O2/c1-3-15-18-16(21-19-15)10-20-14-9-5-6-11-12(14)7-4-8-13(11)17-2/h5-6,9,13,17H,3-4,7-8,10H2,1-2H3. The van der Waals surface area contributed by atoms with Gasteiger partial charge >= 0.3 is 0 Å². The van der Waals surface area contributed by atoms with Gasteiger partial charge in [0.1, 0.15) is 5.75 Å². The predicted molar refractivity (Wildman–Crippen MR) is 79.2 cm³/mol. The van der Waals surface area contributed by atoms with Crippen molar-refractivity contribution >= 4 is 0 Å². The molecule has 5 nitrogen and oxygen atoms in total. The van der Waals surface area contributed by atoms with Crippen molar-refractivity contribution < 1.29 is 9.26 Å². The maximum absolute atomic E-state index is 5.92. The zero-order valence-corrected chi connectivity index (χ0v) is 12.6. The summed E-state index contributed by atoms with van der Waals surface area (Å²) in [5, 5.41) is 7.26. The quantitative estimate of drug-likeness (QED) is 0.916. The average Bonchev–Trinajstić information content (AvgIpc) is 3.00. The summed E-state index contributed by atoms with van der Waals surface area (Å²) >= 11 is 0. The smallest absolute Gasteiger partial charge is 0.264 e. The van der Waals surface area contributed by atoms with Crippen molar-refractivity contribution in [2.75, 3.05) is 7.05 Å². The van der Waals surface area contributed by atoms with E-state index in [1.54, 1.807) is 0 Å². The van der Waals surface area contributed by atoms with Crippen molar-refractivity contribution in [1.29, 1.82) is 0 Å². The van der Waals surface area contributed by atoms with Gasteiger partial charge in [-0.15, -0.1) is 0 Å². The molecule has 0 fully saturated rings. The summed E-state index contributed by atoms with van der Waals surface area (Å²) < 4.78 is 11.1. The first-order valence-electron chi connectivity index (χ1n) is 7.55. The second kappa shape index (κ2) is 6.26. The van der Waals surface area contributed by atoms with Gasteiger partial charge < -0.3 is 14.6 Å². The van der Waals surface area contributed by atoms with Gasteiger partial charge in [0.2, 0.25) is 0 Å². The van der Waals surface area contributed by atoms with Gasteiger partial charge in [-0.25, -0.2) is 0 Å². The Kier molecular flexibility index (Phi) is 4.20. The first kappa shape index (κ1) is 14.1. The Balaban J connectivity index is 1.76. The summed E-state index contributed by atoms with van der Waals surface area (Å²) in [6.45, 7) is 2.33. The molecule has 21 heavy (non-hydrogen) atoms. The highest BCUT2D eigenvalue weighted by Crippen LogP contribution is 2.35. The molecule has 5 heteroatoms. The second-order valence-corrected chi connectivity index (χ2v) is 5.30. The summed E-state index contributed by atoms with van der Waals surface area (Å²) in [5.74, 6) is 2.19. The lowest BCUT2D eigenvalue weighted by Crippen LogP contribution is -2.22. The largest absolute Gasteiger partial charge is 0.483 e. The molecule has 0 spiro atoms. The third kappa shape index (κ3) is 2.93. The Hall–Kier alpha value is -1.88. The van der Waals surface area contributed by atoms with Gasteiger partial charge in [-0.3, -0.25) is 0 Å². The van der Waals surface area contributed by atoms with E-state index in [1.807, 2.05) is 20.0 Å². The van der Waals surface area contributed by atoms with E-state index in [4.69, 9.17) is 9.26 Å². The van der Waals surface area contributed by atoms with Crippen LogP contribution in [0.5, 0.6) is 5.75 Å². The van der Waals surface area contributed by atoms with E-state index < -0.39 is 0 Å². The number of ether oxygens (including phenoxy) is 1. The molecule has 1 aromatic heterocycles. The number of aromatic nitrogens is 2. The summed E-state index contributed by atoms with van der Waals surface area (Å²) in [6, 6.07) is 6.68. The van der Waals surface area contributed by atoms with Gasteiger partial charge in [-0.1, -0.05) is 24.2 Å². The minimum atomic E-state index is 0.327. The Bertz CT molecular complexity index is 609. The van der Waals surface area contributed by atoms with Crippen LogP contribution in [0.4, 0.5) is 0 Å². The number of benzene rings is 1. The lowest BCUT2D eigenvalue weighted by Gasteiger charge is -2.26. The normalized spacial score (nSPS) is 17.5. The molecule has 0 amide bonds. The SMILES string of the molecule is CCc1noc(COc2cccc3c2CCCC3NC)n1. The fourth-order valence-corrected chi connectivity index (χ4v) is 2.88. The van der Waals surface area contributed by atoms with Gasteiger partial charge in [0.25, 0.3) is 5.89 Å². The molecule has 0 saturated carbocycles. The molecule has 112 valence electrons. The van der Waals surface area contributed by atoms with Crippen molar-refractivity contribution in [3.05, 3.63) is 41.0 Å². The van der Waals surface area contributed by atoms with Crippen LogP contribution < -0.4 is 10.1 Å². The van der Waals surface area contributed by atoms with Crippen LogP contribution >= 0.6 is 0 Å². The molecule has 0 aliphatic heterocycles. The van der Waals surface area contributed by atoms with Crippen molar-refractivity contribution in [3.8, 4) is 5.75 Å². The van der Waals surface area contributed by atoms with Crippen molar-refractivity contribution in [2.24, 2.45) is 0 Å². The lowest BCUT2D eigenvalue weighted by atomic mass is 9.87. The summed E-state index contributed by atoms with van der Waals surface area (Å²) in [5.41, 5.74) is 2.65. The fraction of sp³-hybridized carbons (Fsp3) is 0.500. The van der Waals surface area contributed by atoms with Crippen LogP contribution in [0.3, 0.4) is 0 Å². The van der Waals surface area contributed by atoms with Crippen LogP contribution in [-0.2, 0) is 19.4 Å². The van der Waals surface area contributed by atoms with Crippen LogP contribution in [0.15, 0.2) is 22.7 Å². The highest BCUT2D eigenvalue weighted by Gasteiger charge is 2.21. The molecule has 0 saturated heterocycles. The van der Waals surface area contributed by atoms with E-state index in [9.17, 15) is 0 Å².